The molecular weight excluding hydrogens is 248 g/mol. The average molecular weight is 272 g/mol. The van der Waals surface area contributed by atoms with Crippen LogP contribution >= 0.6 is 0 Å². The highest BCUT2D eigenvalue weighted by Gasteiger charge is 2.09. The van der Waals surface area contributed by atoms with Gasteiger partial charge in [-0.2, -0.15) is 0 Å². The minimum Gasteiger partial charge on any atom is -0.313 e. The molecule has 0 aromatic carbocycles. The normalized spacial score (nSPS) is 11.2. The van der Waals surface area contributed by atoms with Gasteiger partial charge in [-0.15, -0.1) is 0 Å². The summed E-state index contributed by atoms with van der Waals surface area (Å²) in [6.45, 7) is 10.5. The van der Waals surface area contributed by atoms with E-state index >= 15 is 0 Å². The summed E-state index contributed by atoms with van der Waals surface area (Å²) < 4.78 is 2.04. The van der Waals surface area contributed by atoms with E-state index in [-0.39, 0.29) is 0 Å². The van der Waals surface area contributed by atoms with E-state index in [1.165, 1.54) is 5.56 Å². The Balaban J connectivity index is 2.34. The molecule has 0 bridgehead atoms. The monoisotopic (exact) mass is 272 g/mol. The third-order valence-corrected chi connectivity index (χ3v) is 3.31. The van der Waals surface area contributed by atoms with E-state index in [0.29, 0.717) is 5.92 Å². The fourth-order valence-corrected chi connectivity index (χ4v) is 2.15. The second-order valence-corrected chi connectivity index (χ2v) is 5.43. The molecule has 2 aromatic rings. The van der Waals surface area contributed by atoms with Gasteiger partial charge in [0.05, 0.1) is 0 Å². The molecule has 2 aromatic heterocycles. The van der Waals surface area contributed by atoms with Crippen molar-refractivity contribution in [1.29, 1.82) is 0 Å². The molecular formula is C16H24N4. The summed E-state index contributed by atoms with van der Waals surface area (Å²) in [7, 11) is 0. The Morgan fingerprint density at radius 1 is 1.30 bits per heavy atom. The van der Waals surface area contributed by atoms with Crippen molar-refractivity contribution in [1.82, 2.24) is 19.9 Å². The molecule has 0 atom stereocenters. The number of aromatic nitrogens is 3. The van der Waals surface area contributed by atoms with Crippen LogP contribution in [0.4, 0.5) is 0 Å². The highest BCUT2D eigenvalue weighted by atomic mass is 15.1. The van der Waals surface area contributed by atoms with Crippen molar-refractivity contribution in [3.05, 3.63) is 41.6 Å². The molecule has 1 N–H and O–H groups in total. The molecule has 0 spiro atoms. The van der Waals surface area contributed by atoms with Crippen LogP contribution in [0.25, 0.3) is 5.82 Å². The Morgan fingerprint density at radius 3 is 2.70 bits per heavy atom. The maximum Gasteiger partial charge on any atom is 0.138 e. The molecule has 0 aliphatic rings. The number of rotatable bonds is 6. The summed E-state index contributed by atoms with van der Waals surface area (Å²) in [5.41, 5.74) is 2.41. The first-order valence-corrected chi connectivity index (χ1v) is 7.33. The number of aryl methyl sites for hydroxylation is 1. The Labute approximate surface area is 121 Å². The predicted octanol–water partition coefficient (Wildman–Crippen LogP) is 3.20. The standard InChI is InChI=1S/C16H24N4/c1-5-6-17-11-14-9-15(12(2)3)19-16(10-14)20-8-7-18-13(20)4/h7-10,12,17H,5-6,11H2,1-4H3. The van der Waals surface area contributed by atoms with Crippen LogP contribution in [0.15, 0.2) is 24.5 Å². The maximum absolute atomic E-state index is 4.76. The van der Waals surface area contributed by atoms with Crippen LogP contribution in [0.2, 0.25) is 0 Å². The van der Waals surface area contributed by atoms with Crippen LogP contribution in [-0.4, -0.2) is 21.1 Å². The third kappa shape index (κ3) is 3.45. The molecule has 0 unspecified atom stereocenters. The smallest absolute Gasteiger partial charge is 0.138 e. The molecule has 108 valence electrons. The number of hydrogen-bond donors (Lipinski definition) is 1. The van der Waals surface area contributed by atoms with Gasteiger partial charge in [0.15, 0.2) is 0 Å². The Kier molecular flexibility index (Phi) is 4.90. The minimum atomic E-state index is 0.420. The van der Waals surface area contributed by atoms with Gasteiger partial charge in [-0.3, -0.25) is 4.57 Å². The van der Waals surface area contributed by atoms with Crippen LogP contribution in [0.1, 0.15) is 50.2 Å². The highest BCUT2D eigenvalue weighted by molar-refractivity contribution is 5.33. The molecule has 0 saturated carbocycles. The lowest BCUT2D eigenvalue weighted by molar-refractivity contribution is 0.671. The minimum absolute atomic E-state index is 0.420. The molecule has 4 nitrogen and oxygen atoms in total. The topological polar surface area (TPSA) is 42.7 Å². The third-order valence-electron chi connectivity index (χ3n) is 3.31. The summed E-state index contributed by atoms with van der Waals surface area (Å²) >= 11 is 0. The van der Waals surface area contributed by atoms with Crippen LogP contribution < -0.4 is 5.32 Å². The SMILES string of the molecule is CCCNCc1cc(C(C)C)nc(-n2ccnc2C)c1. The van der Waals surface area contributed by atoms with Crippen LogP contribution in [-0.2, 0) is 6.54 Å². The van der Waals surface area contributed by atoms with E-state index in [0.717, 1.165) is 36.8 Å². The number of nitrogens with zero attached hydrogens (tertiary/aromatic N) is 3. The van der Waals surface area contributed by atoms with Gasteiger partial charge in [-0.25, -0.2) is 9.97 Å². The fraction of sp³-hybridized carbons (Fsp3) is 0.500. The lowest BCUT2D eigenvalue weighted by atomic mass is 10.1. The van der Waals surface area contributed by atoms with Crippen molar-refractivity contribution in [3.8, 4) is 5.82 Å². The van der Waals surface area contributed by atoms with Gasteiger partial charge >= 0.3 is 0 Å². The summed E-state index contributed by atoms with van der Waals surface area (Å²) in [6.07, 6.45) is 4.93. The molecule has 0 saturated heterocycles. The van der Waals surface area contributed by atoms with Gasteiger partial charge in [-0.05, 0) is 43.5 Å². The largest absolute Gasteiger partial charge is 0.313 e. The molecule has 0 radical (unpaired) electrons. The van der Waals surface area contributed by atoms with E-state index in [2.05, 4.69) is 43.2 Å². The first kappa shape index (κ1) is 14.7. The van der Waals surface area contributed by atoms with E-state index in [1.807, 2.05) is 23.9 Å². The number of imidazole rings is 1. The van der Waals surface area contributed by atoms with Gasteiger partial charge in [0.25, 0.3) is 0 Å². The van der Waals surface area contributed by atoms with Gasteiger partial charge in [0.2, 0.25) is 0 Å². The molecule has 2 heterocycles. The van der Waals surface area contributed by atoms with Crippen molar-refractivity contribution < 1.29 is 0 Å². The maximum atomic E-state index is 4.76. The van der Waals surface area contributed by atoms with Crippen LogP contribution in [0, 0.1) is 6.92 Å². The lowest BCUT2D eigenvalue weighted by Gasteiger charge is -2.13. The predicted molar refractivity (Wildman–Crippen MR) is 82.2 cm³/mol. The van der Waals surface area contributed by atoms with Gasteiger partial charge in [-0.1, -0.05) is 20.8 Å². The van der Waals surface area contributed by atoms with E-state index in [1.54, 1.807) is 0 Å². The molecule has 0 fully saturated rings. The van der Waals surface area contributed by atoms with E-state index < -0.39 is 0 Å². The van der Waals surface area contributed by atoms with Gasteiger partial charge < -0.3 is 5.32 Å². The van der Waals surface area contributed by atoms with Crippen LogP contribution in [0.3, 0.4) is 0 Å². The zero-order valence-corrected chi connectivity index (χ0v) is 12.8. The molecule has 0 aliphatic carbocycles. The number of pyridine rings is 1. The zero-order valence-electron chi connectivity index (χ0n) is 12.8. The Hall–Kier alpha value is -1.68. The molecule has 4 heteroatoms. The Bertz CT molecular complexity index is 557. The molecule has 0 aliphatic heterocycles. The molecule has 20 heavy (non-hydrogen) atoms. The summed E-state index contributed by atoms with van der Waals surface area (Å²) in [5, 5.41) is 3.45. The molecule has 2 rings (SSSR count). The van der Waals surface area contributed by atoms with Gasteiger partial charge in [0.1, 0.15) is 11.6 Å². The highest BCUT2D eigenvalue weighted by Crippen LogP contribution is 2.18. The fourth-order valence-electron chi connectivity index (χ4n) is 2.15. The number of nitrogens with one attached hydrogen (secondary N) is 1. The van der Waals surface area contributed by atoms with Crippen molar-refractivity contribution in [2.45, 2.75) is 46.6 Å². The second kappa shape index (κ2) is 6.66. The summed E-state index contributed by atoms with van der Waals surface area (Å²) in [6, 6.07) is 4.34. The van der Waals surface area contributed by atoms with E-state index in [4.69, 9.17) is 4.98 Å². The zero-order chi connectivity index (χ0) is 14.5. The van der Waals surface area contributed by atoms with Crippen molar-refractivity contribution >= 4 is 0 Å². The van der Waals surface area contributed by atoms with Crippen molar-refractivity contribution in [2.24, 2.45) is 0 Å². The summed E-state index contributed by atoms with van der Waals surface area (Å²) in [4.78, 5) is 9.04. The Morgan fingerprint density at radius 2 is 2.10 bits per heavy atom. The average Bonchev–Trinajstić information content (AvgIpc) is 2.85. The van der Waals surface area contributed by atoms with Crippen LogP contribution in [0.5, 0.6) is 0 Å². The lowest BCUT2D eigenvalue weighted by Crippen LogP contribution is -2.15. The quantitative estimate of drug-likeness (QED) is 0.821. The van der Waals surface area contributed by atoms with E-state index in [9.17, 15) is 0 Å². The van der Waals surface area contributed by atoms with Crippen molar-refractivity contribution in [3.63, 3.8) is 0 Å². The van der Waals surface area contributed by atoms with Crippen molar-refractivity contribution in [2.75, 3.05) is 6.54 Å². The first-order chi connectivity index (χ1) is 9.61. The number of hydrogen-bond acceptors (Lipinski definition) is 3. The van der Waals surface area contributed by atoms with Gasteiger partial charge in [0, 0.05) is 24.6 Å². The second-order valence-electron chi connectivity index (χ2n) is 5.43. The summed E-state index contributed by atoms with van der Waals surface area (Å²) in [5.74, 6) is 2.34. The molecule has 0 amide bonds. The first-order valence-electron chi connectivity index (χ1n) is 7.33.